The van der Waals surface area contributed by atoms with Gasteiger partial charge >= 0.3 is 0 Å². The van der Waals surface area contributed by atoms with Crippen molar-refractivity contribution in [1.29, 1.82) is 0 Å². The monoisotopic (exact) mass is 316 g/mol. The molecule has 124 valence electrons. The molecule has 0 bridgehead atoms. The number of primary amides is 1. The van der Waals surface area contributed by atoms with E-state index >= 15 is 0 Å². The van der Waals surface area contributed by atoms with Gasteiger partial charge in [0.1, 0.15) is 0 Å². The predicted octanol–water partition coefficient (Wildman–Crippen LogP) is 2.89. The average Bonchev–Trinajstić information content (AvgIpc) is 2.99. The summed E-state index contributed by atoms with van der Waals surface area (Å²) in [5.41, 5.74) is 7.11. The number of nitrogens with zero attached hydrogens (tertiary/aromatic N) is 1. The van der Waals surface area contributed by atoms with Gasteiger partial charge in [-0.15, -0.1) is 0 Å². The standard InChI is InChI=1S/C18H24N2O3/c1-22-11-12-23-15-7-5-14(6-8-15)20-10-9-13-3-2-4-16(17(13)20)18(19)21/h2-4,9-10,14-15H,5-8,11-12H2,1H3,(H2,19,21). The lowest BCUT2D eigenvalue weighted by Crippen LogP contribution is -2.25. The van der Waals surface area contributed by atoms with E-state index in [1.165, 1.54) is 0 Å². The number of fused-ring (bicyclic) bond motifs is 1. The molecule has 0 aliphatic heterocycles. The topological polar surface area (TPSA) is 66.5 Å². The molecule has 0 saturated heterocycles. The van der Waals surface area contributed by atoms with Crippen molar-refractivity contribution in [3.63, 3.8) is 0 Å². The van der Waals surface area contributed by atoms with Crippen LogP contribution in [0.4, 0.5) is 0 Å². The van der Waals surface area contributed by atoms with Gasteiger partial charge in [-0.2, -0.15) is 0 Å². The Morgan fingerprint density at radius 3 is 2.70 bits per heavy atom. The molecule has 2 N–H and O–H groups in total. The Morgan fingerprint density at radius 1 is 1.22 bits per heavy atom. The molecular weight excluding hydrogens is 292 g/mol. The van der Waals surface area contributed by atoms with Crippen molar-refractivity contribution in [2.24, 2.45) is 5.73 Å². The van der Waals surface area contributed by atoms with Crippen LogP contribution in [0.3, 0.4) is 0 Å². The molecule has 1 aromatic carbocycles. The van der Waals surface area contributed by atoms with Gasteiger partial charge in [0.05, 0.1) is 30.4 Å². The van der Waals surface area contributed by atoms with Crippen molar-refractivity contribution < 1.29 is 14.3 Å². The third-order valence-corrected chi connectivity index (χ3v) is 4.68. The van der Waals surface area contributed by atoms with Crippen molar-refractivity contribution >= 4 is 16.8 Å². The molecule has 1 aliphatic rings. The van der Waals surface area contributed by atoms with E-state index in [4.69, 9.17) is 15.2 Å². The van der Waals surface area contributed by atoms with Gasteiger partial charge in [0, 0.05) is 24.7 Å². The molecule has 0 radical (unpaired) electrons. The van der Waals surface area contributed by atoms with Crippen molar-refractivity contribution in [3.8, 4) is 0 Å². The van der Waals surface area contributed by atoms with Crippen LogP contribution in [0.1, 0.15) is 42.1 Å². The molecule has 1 fully saturated rings. The van der Waals surface area contributed by atoms with Crippen molar-refractivity contribution in [2.45, 2.75) is 37.8 Å². The van der Waals surface area contributed by atoms with E-state index in [2.05, 4.69) is 16.8 Å². The van der Waals surface area contributed by atoms with Crippen LogP contribution in [0.25, 0.3) is 10.9 Å². The number of carbonyl (C=O) groups is 1. The highest BCUT2D eigenvalue weighted by Crippen LogP contribution is 2.34. The van der Waals surface area contributed by atoms with Crippen LogP contribution in [0.15, 0.2) is 30.5 Å². The SMILES string of the molecule is COCCOC1CCC(n2ccc3cccc(C(N)=O)c32)CC1. The second-order valence-corrected chi connectivity index (χ2v) is 6.12. The molecule has 5 nitrogen and oxygen atoms in total. The summed E-state index contributed by atoms with van der Waals surface area (Å²) >= 11 is 0. The van der Waals surface area contributed by atoms with Gasteiger partial charge in [0.2, 0.25) is 0 Å². The van der Waals surface area contributed by atoms with Gasteiger partial charge in [-0.05, 0) is 37.8 Å². The molecule has 23 heavy (non-hydrogen) atoms. The first-order chi connectivity index (χ1) is 11.2. The second-order valence-electron chi connectivity index (χ2n) is 6.12. The molecule has 1 amide bonds. The number of amides is 1. The zero-order chi connectivity index (χ0) is 16.2. The van der Waals surface area contributed by atoms with Crippen molar-refractivity contribution in [2.75, 3.05) is 20.3 Å². The highest BCUT2D eigenvalue weighted by atomic mass is 16.5. The van der Waals surface area contributed by atoms with E-state index < -0.39 is 0 Å². The lowest BCUT2D eigenvalue weighted by atomic mass is 9.92. The van der Waals surface area contributed by atoms with Crippen LogP contribution in [0, 0.1) is 0 Å². The first-order valence-corrected chi connectivity index (χ1v) is 8.20. The van der Waals surface area contributed by atoms with Gasteiger partial charge in [-0.3, -0.25) is 4.79 Å². The smallest absolute Gasteiger partial charge is 0.250 e. The van der Waals surface area contributed by atoms with E-state index in [0.29, 0.717) is 30.9 Å². The summed E-state index contributed by atoms with van der Waals surface area (Å²) in [5, 5.41) is 1.07. The fourth-order valence-corrected chi connectivity index (χ4v) is 3.51. The zero-order valence-corrected chi connectivity index (χ0v) is 13.5. The second kappa shape index (κ2) is 7.15. The number of hydrogen-bond donors (Lipinski definition) is 1. The van der Waals surface area contributed by atoms with Gasteiger partial charge in [-0.1, -0.05) is 12.1 Å². The predicted molar refractivity (Wildman–Crippen MR) is 89.6 cm³/mol. The Morgan fingerprint density at radius 2 is 2.00 bits per heavy atom. The van der Waals surface area contributed by atoms with Crippen LogP contribution < -0.4 is 5.73 Å². The quantitative estimate of drug-likeness (QED) is 0.833. The summed E-state index contributed by atoms with van der Waals surface area (Å²) in [5.74, 6) is -0.368. The van der Waals surface area contributed by atoms with Crippen LogP contribution in [-0.4, -0.2) is 36.9 Å². The number of hydrogen-bond acceptors (Lipinski definition) is 3. The summed E-state index contributed by atoms with van der Waals surface area (Å²) in [6.45, 7) is 1.30. The van der Waals surface area contributed by atoms with E-state index in [1.54, 1.807) is 13.2 Å². The number of aromatic nitrogens is 1. The van der Waals surface area contributed by atoms with Crippen LogP contribution in [-0.2, 0) is 9.47 Å². The normalized spacial score (nSPS) is 21.6. The molecule has 1 aliphatic carbocycles. The van der Waals surface area contributed by atoms with E-state index in [0.717, 1.165) is 36.6 Å². The van der Waals surface area contributed by atoms with Crippen molar-refractivity contribution in [3.05, 3.63) is 36.0 Å². The number of rotatable bonds is 6. The Labute approximate surface area is 136 Å². The molecule has 3 rings (SSSR count). The minimum atomic E-state index is -0.368. The Hall–Kier alpha value is -1.85. The number of nitrogens with two attached hydrogens (primary N) is 1. The fourth-order valence-electron chi connectivity index (χ4n) is 3.51. The lowest BCUT2D eigenvalue weighted by molar-refractivity contribution is -0.00619. The third-order valence-electron chi connectivity index (χ3n) is 4.68. The van der Waals surface area contributed by atoms with Crippen LogP contribution >= 0.6 is 0 Å². The van der Waals surface area contributed by atoms with E-state index in [-0.39, 0.29) is 5.91 Å². The van der Waals surface area contributed by atoms with Gasteiger partial charge in [-0.25, -0.2) is 0 Å². The summed E-state index contributed by atoms with van der Waals surface area (Å²) in [6, 6.07) is 8.17. The summed E-state index contributed by atoms with van der Waals surface area (Å²) in [4.78, 5) is 11.7. The fraction of sp³-hybridized carbons (Fsp3) is 0.500. The Balaban J connectivity index is 1.74. The average molecular weight is 316 g/mol. The molecule has 1 heterocycles. The summed E-state index contributed by atoms with van der Waals surface area (Å²) in [7, 11) is 1.69. The van der Waals surface area contributed by atoms with E-state index in [1.807, 2.05) is 12.1 Å². The Kier molecular flexibility index (Phi) is 4.98. The number of benzene rings is 1. The summed E-state index contributed by atoms with van der Waals surface area (Å²) < 4.78 is 13.1. The molecule has 0 spiro atoms. The maximum atomic E-state index is 11.7. The molecule has 1 saturated carbocycles. The number of methoxy groups -OCH3 is 1. The van der Waals surface area contributed by atoms with Crippen LogP contribution in [0.2, 0.25) is 0 Å². The minimum Gasteiger partial charge on any atom is -0.382 e. The molecular formula is C18H24N2O3. The molecule has 1 aromatic heterocycles. The highest BCUT2D eigenvalue weighted by molar-refractivity contribution is 6.05. The minimum absolute atomic E-state index is 0.318. The maximum absolute atomic E-state index is 11.7. The zero-order valence-electron chi connectivity index (χ0n) is 13.5. The summed E-state index contributed by atoms with van der Waals surface area (Å²) in [6.07, 6.45) is 6.56. The number of ether oxygens (including phenoxy) is 2. The highest BCUT2D eigenvalue weighted by Gasteiger charge is 2.24. The molecule has 2 aromatic rings. The number of para-hydroxylation sites is 1. The maximum Gasteiger partial charge on any atom is 0.250 e. The Bertz CT molecular complexity index is 672. The van der Waals surface area contributed by atoms with Gasteiger partial charge in [0.15, 0.2) is 0 Å². The molecule has 5 heteroatoms. The van der Waals surface area contributed by atoms with E-state index in [9.17, 15) is 4.79 Å². The first-order valence-electron chi connectivity index (χ1n) is 8.20. The van der Waals surface area contributed by atoms with Crippen molar-refractivity contribution in [1.82, 2.24) is 4.57 Å². The molecule has 0 atom stereocenters. The third kappa shape index (κ3) is 3.41. The van der Waals surface area contributed by atoms with Gasteiger partial charge in [0.25, 0.3) is 5.91 Å². The lowest BCUT2D eigenvalue weighted by Gasteiger charge is -2.30. The largest absolute Gasteiger partial charge is 0.382 e. The number of carbonyl (C=O) groups excluding carboxylic acids is 1. The molecule has 0 unspecified atom stereocenters. The van der Waals surface area contributed by atoms with Crippen LogP contribution in [0.5, 0.6) is 0 Å². The van der Waals surface area contributed by atoms with Gasteiger partial charge < -0.3 is 19.8 Å². The first kappa shape index (κ1) is 16.0.